The Hall–Kier alpha value is -2.96. The van der Waals surface area contributed by atoms with Crippen molar-refractivity contribution in [3.63, 3.8) is 0 Å². The molecule has 0 spiro atoms. The SMILES string of the molecule is Cc1ccc(NC(=O)CN(C)C(=O)c2ccccc2OC(F)F)cc1. The molecule has 0 saturated carbocycles. The summed E-state index contributed by atoms with van der Waals surface area (Å²) in [5.41, 5.74) is 1.63. The molecule has 1 N–H and O–H groups in total. The first-order valence-corrected chi connectivity index (χ1v) is 7.52. The third kappa shape index (κ3) is 5.27. The van der Waals surface area contributed by atoms with Gasteiger partial charge in [-0.25, -0.2) is 0 Å². The van der Waals surface area contributed by atoms with Crippen LogP contribution in [0.3, 0.4) is 0 Å². The monoisotopic (exact) mass is 348 g/mol. The lowest BCUT2D eigenvalue weighted by Gasteiger charge is -2.18. The minimum Gasteiger partial charge on any atom is -0.434 e. The second kappa shape index (κ2) is 8.23. The van der Waals surface area contributed by atoms with Gasteiger partial charge < -0.3 is 15.0 Å². The average molecular weight is 348 g/mol. The summed E-state index contributed by atoms with van der Waals surface area (Å²) in [5.74, 6) is -1.21. The Labute approximate surface area is 144 Å². The Bertz CT molecular complexity index is 748. The van der Waals surface area contributed by atoms with Gasteiger partial charge in [0, 0.05) is 12.7 Å². The summed E-state index contributed by atoms with van der Waals surface area (Å²) < 4.78 is 29.2. The minimum absolute atomic E-state index is 0.0339. The van der Waals surface area contributed by atoms with Crippen LogP contribution in [0.25, 0.3) is 0 Å². The van der Waals surface area contributed by atoms with E-state index in [1.807, 2.05) is 19.1 Å². The maximum atomic E-state index is 12.4. The van der Waals surface area contributed by atoms with E-state index in [4.69, 9.17) is 0 Å². The van der Waals surface area contributed by atoms with Crippen molar-refractivity contribution in [3.8, 4) is 5.75 Å². The molecular formula is C18H18F2N2O3. The summed E-state index contributed by atoms with van der Waals surface area (Å²) >= 11 is 0. The van der Waals surface area contributed by atoms with Gasteiger partial charge >= 0.3 is 6.61 Å². The fourth-order valence-electron chi connectivity index (χ4n) is 2.17. The topological polar surface area (TPSA) is 58.6 Å². The van der Waals surface area contributed by atoms with Crippen LogP contribution in [0.2, 0.25) is 0 Å². The fraction of sp³-hybridized carbons (Fsp3) is 0.222. The second-order valence-corrected chi connectivity index (χ2v) is 5.45. The standard InChI is InChI=1S/C18H18F2N2O3/c1-12-7-9-13(10-8-12)21-16(23)11-22(2)17(24)14-5-3-4-6-15(14)25-18(19)20/h3-10,18H,11H2,1-2H3,(H,21,23). The van der Waals surface area contributed by atoms with Crippen molar-refractivity contribution in [2.45, 2.75) is 13.5 Å². The third-order valence-electron chi connectivity index (χ3n) is 3.40. The van der Waals surface area contributed by atoms with Gasteiger partial charge in [-0.1, -0.05) is 29.8 Å². The number of para-hydroxylation sites is 1. The molecule has 2 aromatic carbocycles. The van der Waals surface area contributed by atoms with Gasteiger partial charge in [0.05, 0.1) is 12.1 Å². The summed E-state index contributed by atoms with van der Waals surface area (Å²) in [4.78, 5) is 25.6. The number of carbonyl (C=O) groups is 2. The molecule has 2 amide bonds. The highest BCUT2D eigenvalue weighted by molar-refractivity contribution is 6.00. The second-order valence-electron chi connectivity index (χ2n) is 5.45. The number of amides is 2. The lowest BCUT2D eigenvalue weighted by atomic mass is 10.1. The fourth-order valence-corrected chi connectivity index (χ4v) is 2.17. The van der Waals surface area contributed by atoms with Crippen LogP contribution in [0, 0.1) is 6.92 Å². The molecule has 0 atom stereocenters. The molecule has 2 aromatic rings. The van der Waals surface area contributed by atoms with Gasteiger partial charge in [-0.15, -0.1) is 0 Å². The van der Waals surface area contributed by atoms with Gasteiger partial charge in [-0.2, -0.15) is 8.78 Å². The van der Waals surface area contributed by atoms with Crippen LogP contribution < -0.4 is 10.1 Å². The normalized spacial score (nSPS) is 10.4. The molecule has 0 aromatic heterocycles. The summed E-state index contributed by atoms with van der Waals surface area (Å²) in [5, 5.41) is 2.67. The van der Waals surface area contributed by atoms with Gasteiger partial charge in [-0.3, -0.25) is 9.59 Å². The first-order chi connectivity index (χ1) is 11.9. The average Bonchev–Trinajstić information content (AvgIpc) is 2.56. The molecule has 0 unspecified atom stereocenters. The van der Waals surface area contributed by atoms with Crippen molar-refractivity contribution in [3.05, 3.63) is 59.7 Å². The number of benzene rings is 2. The van der Waals surface area contributed by atoms with Crippen LogP contribution in [0.1, 0.15) is 15.9 Å². The molecule has 0 aliphatic heterocycles. The van der Waals surface area contributed by atoms with E-state index in [0.29, 0.717) is 5.69 Å². The Morgan fingerprint density at radius 2 is 1.76 bits per heavy atom. The number of rotatable bonds is 6. The van der Waals surface area contributed by atoms with Gasteiger partial charge in [0.2, 0.25) is 5.91 Å². The molecule has 5 nitrogen and oxygen atoms in total. The summed E-state index contributed by atoms with van der Waals surface area (Å²) in [6, 6.07) is 12.9. The summed E-state index contributed by atoms with van der Waals surface area (Å²) in [7, 11) is 1.41. The lowest BCUT2D eigenvalue weighted by Crippen LogP contribution is -2.35. The number of carbonyl (C=O) groups excluding carboxylic acids is 2. The van der Waals surface area contributed by atoms with E-state index in [9.17, 15) is 18.4 Å². The maximum absolute atomic E-state index is 12.4. The van der Waals surface area contributed by atoms with E-state index < -0.39 is 18.4 Å². The first-order valence-electron chi connectivity index (χ1n) is 7.52. The molecule has 2 rings (SSSR count). The Morgan fingerprint density at radius 3 is 2.40 bits per heavy atom. The number of alkyl halides is 2. The zero-order chi connectivity index (χ0) is 18.4. The molecular weight excluding hydrogens is 330 g/mol. The van der Waals surface area contributed by atoms with Crippen LogP contribution >= 0.6 is 0 Å². The van der Waals surface area contributed by atoms with Crippen LogP contribution in [0.5, 0.6) is 5.75 Å². The predicted molar refractivity (Wildman–Crippen MR) is 89.8 cm³/mol. The van der Waals surface area contributed by atoms with Crippen molar-refractivity contribution < 1.29 is 23.1 Å². The van der Waals surface area contributed by atoms with E-state index in [1.165, 1.54) is 31.3 Å². The summed E-state index contributed by atoms with van der Waals surface area (Å²) in [6.45, 7) is -1.34. The van der Waals surface area contributed by atoms with E-state index in [-0.39, 0.29) is 17.9 Å². The zero-order valence-corrected chi connectivity index (χ0v) is 13.8. The largest absolute Gasteiger partial charge is 0.434 e. The van der Waals surface area contributed by atoms with E-state index in [2.05, 4.69) is 10.1 Å². The van der Waals surface area contributed by atoms with Crippen molar-refractivity contribution in [1.29, 1.82) is 0 Å². The van der Waals surface area contributed by atoms with Gasteiger partial charge in [0.1, 0.15) is 5.75 Å². The van der Waals surface area contributed by atoms with Crippen molar-refractivity contribution in [2.24, 2.45) is 0 Å². The highest BCUT2D eigenvalue weighted by Gasteiger charge is 2.20. The number of ether oxygens (including phenoxy) is 1. The molecule has 25 heavy (non-hydrogen) atoms. The van der Waals surface area contributed by atoms with Crippen molar-refractivity contribution in [1.82, 2.24) is 4.90 Å². The van der Waals surface area contributed by atoms with Crippen LogP contribution in [-0.2, 0) is 4.79 Å². The molecule has 0 bridgehead atoms. The molecule has 0 aliphatic carbocycles. The predicted octanol–water partition coefficient (Wildman–Crippen LogP) is 3.31. The molecule has 0 saturated heterocycles. The quantitative estimate of drug-likeness (QED) is 0.871. The van der Waals surface area contributed by atoms with Crippen molar-refractivity contribution in [2.75, 3.05) is 18.9 Å². The number of nitrogens with one attached hydrogen (secondary N) is 1. The number of anilines is 1. The van der Waals surface area contributed by atoms with E-state index >= 15 is 0 Å². The number of hydrogen-bond donors (Lipinski definition) is 1. The highest BCUT2D eigenvalue weighted by atomic mass is 19.3. The van der Waals surface area contributed by atoms with Crippen molar-refractivity contribution >= 4 is 17.5 Å². The number of likely N-dealkylation sites (N-methyl/N-ethyl adjacent to an activating group) is 1. The minimum atomic E-state index is -3.04. The Balaban J connectivity index is 2.02. The molecule has 0 aliphatic rings. The zero-order valence-electron chi connectivity index (χ0n) is 13.8. The first kappa shape index (κ1) is 18.4. The Morgan fingerprint density at radius 1 is 1.12 bits per heavy atom. The molecule has 0 fully saturated rings. The van der Waals surface area contributed by atoms with Gasteiger partial charge in [-0.05, 0) is 31.2 Å². The lowest BCUT2D eigenvalue weighted by molar-refractivity contribution is -0.116. The number of hydrogen-bond acceptors (Lipinski definition) is 3. The van der Waals surface area contributed by atoms with Crippen LogP contribution in [-0.4, -0.2) is 36.9 Å². The number of halogens is 2. The number of aryl methyl sites for hydroxylation is 1. The molecule has 0 radical (unpaired) electrons. The van der Waals surface area contributed by atoms with Crippen LogP contribution in [0.15, 0.2) is 48.5 Å². The molecule has 0 heterocycles. The smallest absolute Gasteiger partial charge is 0.387 e. The van der Waals surface area contributed by atoms with Crippen LogP contribution in [0.4, 0.5) is 14.5 Å². The number of nitrogens with zero attached hydrogens (tertiary/aromatic N) is 1. The van der Waals surface area contributed by atoms with E-state index in [0.717, 1.165) is 10.5 Å². The van der Waals surface area contributed by atoms with Gasteiger partial charge in [0.15, 0.2) is 0 Å². The Kier molecular flexibility index (Phi) is 6.05. The highest BCUT2D eigenvalue weighted by Crippen LogP contribution is 2.21. The molecule has 132 valence electrons. The van der Waals surface area contributed by atoms with E-state index in [1.54, 1.807) is 12.1 Å². The van der Waals surface area contributed by atoms with Gasteiger partial charge in [0.25, 0.3) is 5.91 Å². The third-order valence-corrected chi connectivity index (χ3v) is 3.40. The maximum Gasteiger partial charge on any atom is 0.387 e. The molecule has 7 heteroatoms. The summed E-state index contributed by atoms with van der Waals surface area (Å²) in [6.07, 6.45) is 0.